The molecule has 1 N–H and O–H groups in total. The summed E-state index contributed by atoms with van der Waals surface area (Å²) in [6.45, 7) is 4.48. The number of rotatable bonds is 4. The fourth-order valence-electron chi connectivity index (χ4n) is 3.48. The van der Waals surface area contributed by atoms with E-state index in [4.69, 9.17) is 0 Å². The van der Waals surface area contributed by atoms with E-state index < -0.39 is 5.60 Å². The topological polar surface area (TPSA) is 38.1 Å². The Morgan fingerprint density at radius 2 is 2.28 bits per heavy atom. The maximum atomic E-state index is 11.0. The molecule has 2 atom stereocenters. The summed E-state index contributed by atoms with van der Waals surface area (Å²) in [6, 6.07) is 0. The van der Waals surface area contributed by atoms with Gasteiger partial charge in [0.05, 0.1) is 5.60 Å². The molecule has 1 heterocycles. The summed E-state index contributed by atoms with van der Waals surface area (Å²) < 4.78 is 2.05. The quantitative estimate of drug-likeness (QED) is 0.892. The van der Waals surface area contributed by atoms with Crippen molar-refractivity contribution in [3.8, 4) is 0 Å². The second kappa shape index (κ2) is 5.43. The molecule has 1 aliphatic rings. The van der Waals surface area contributed by atoms with Gasteiger partial charge in [-0.1, -0.05) is 26.7 Å². The Morgan fingerprint density at radius 3 is 2.89 bits per heavy atom. The zero-order chi connectivity index (χ0) is 13.2. The van der Waals surface area contributed by atoms with Crippen LogP contribution in [0.15, 0.2) is 12.4 Å². The maximum Gasteiger partial charge on any atom is 0.108 e. The molecule has 2 unspecified atom stereocenters. The molecule has 102 valence electrons. The van der Waals surface area contributed by atoms with Crippen molar-refractivity contribution in [1.29, 1.82) is 0 Å². The van der Waals surface area contributed by atoms with Crippen LogP contribution in [-0.2, 0) is 13.5 Å². The first-order valence-corrected chi connectivity index (χ1v) is 7.21. The smallest absolute Gasteiger partial charge is 0.108 e. The minimum atomic E-state index is -0.474. The van der Waals surface area contributed by atoms with Gasteiger partial charge in [-0.05, 0) is 31.1 Å². The molecule has 1 aromatic rings. The lowest BCUT2D eigenvalue weighted by molar-refractivity contribution is -0.0720. The molecule has 2 rings (SSSR count). The normalized spacial score (nSPS) is 28.8. The summed E-state index contributed by atoms with van der Waals surface area (Å²) >= 11 is 0. The van der Waals surface area contributed by atoms with Gasteiger partial charge in [-0.15, -0.1) is 0 Å². The van der Waals surface area contributed by atoms with Crippen LogP contribution in [0.25, 0.3) is 0 Å². The summed E-state index contributed by atoms with van der Waals surface area (Å²) in [5, 5.41) is 11.0. The molecule has 18 heavy (non-hydrogen) atoms. The molecule has 0 aliphatic heterocycles. The average Bonchev–Trinajstić information content (AvgIpc) is 2.72. The fourth-order valence-corrected chi connectivity index (χ4v) is 3.48. The minimum Gasteiger partial charge on any atom is -0.390 e. The van der Waals surface area contributed by atoms with Crippen LogP contribution in [0.1, 0.15) is 51.8 Å². The predicted molar refractivity (Wildman–Crippen MR) is 73.3 cm³/mol. The standard InChI is InChI=1S/C15H26N2O/c1-12(2)13-6-4-5-8-15(13,18)9-7-14-16-10-11-17(14)3/h10-13,18H,4-9H2,1-3H3. The second-order valence-electron chi connectivity index (χ2n) is 6.15. The third kappa shape index (κ3) is 2.77. The first-order chi connectivity index (χ1) is 8.53. The van der Waals surface area contributed by atoms with Crippen molar-refractivity contribution < 1.29 is 5.11 Å². The van der Waals surface area contributed by atoms with E-state index in [9.17, 15) is 5.11 Å². The molecule has 0 saturated heterocycles. The van der Waals surface area contributed by atoms with E-state index in [-0.39, 0.29) is 0 Å². The lowest BCUT2D eigenvalue weighted by Gasteiger charge is -2.42. The van der Waals surface area contributed by atoms with Crippen molar-refractivity contribution in [3.63, 3.8) is 0 Å². The highest BCUT2D eigenvalue weighted by Crippen LogP contribution is 2.41. The third-order valence-corrected chi connectivity index (χ3v) is 4.57. The first-order valence-electron chi connectivity index (χ1n) is 7.21. The van der Waals surface area contributed by atoms with Gasteiger partial charge in [0.2, 0.25) is 0 Å². The molecule has 3 nitrogen and oxygen atoms in total. The van der Waals surface area contributed by atoms with Gasteiger partial charge in [0.1, 0.15) is 5.82 Å². The van der Waals surface area contributed by atoms with Gasteiger partial charge >= 0.3 is 0 Å². The van der Waals surface area contributed by atoms with E-state index in [1.54, 1.807) is 0 Å². The van der Waals surface area contributed by atoms with E-state index in [1.807, 2.05) is 19.4 Å². The maximum absolute atomic E-state index is 11.0. The molecule has 0 radical (unpaired) electrons. The van der Waals surface area contributed by atoms with Crippen LogP contribution >= 0.6 is 0 Å². The Kier molecular flexibility index (Phi) is 4.10. The molecule has 1 fully saturated rings. The molecule has 3 heteroatoms. The Bertz CT molecular complexity index is 386. The lowest BCUT2D eigenvalue weighted by Crippen LogP contribution is -2.43. The molecule has 1 aliphatic carbocycles. The Labute approximate surface area is 110 Å². The van der Waals surface area contributed by atoms with Crippen molar-refractivity contribution in [3.05, 3.63) is 18.2 Å². The Morgan fingerprint density at radius 1 is 1.50 bits per heavy atom. The molecule has 0 amide bonds. The number of nitrogens with zero attached hydrogens (tertiary/aromatic N) is 2. The number of hydrogen-bond donors (Lipinski definition) is 1. The van der Waals surface area contributed by atoms with Crippen LogP contribution in [0.3, 0.4) is 0 Å². The van der Waals surface area contributed by atoms with Gasteiger partial charge < -0.3 is 9.67 Å². The van der Waals surface area contributed by atoms with E-state index in [2.05, 4.69) is 23.4 Å². The van der Waals surface area contributed by atoms with Crippen molar-refractivity contribution in [1.82, 2.24) is 9.55 Å². The van der Waals surface area contributed by atoms with Crippen LogP contribution in [0.4, 0.5) is 0 Å². The summed E-state index contributed by atoms with van der Waals surface area (Å²) in [7, 11) is 2.02. The summed E-state index contributed by atoms with van der Waals surface area (Å²) in [6.07, 6.45) is 10.1. The minimum absolute atomic E-state index is 0.450. The molecule has 0 aromatic carbocycles. The number of aliphatic hydroxyl groups is 1. The van der Waals surface area contributed by atoms with Crippen molar-refractivity contribution in [2.75, 3.05) is 0 Å². The SMILES string of the molecule is CC(C)C1CCCCC1(O)CCc1nccn1C. The van der Waals surface area contributed by atoms with Crippen LogP contribution < -0.4 is 0 Å². The summed E-state index contributed by atoms with van der Waals surface area (Å²) in [4.78, 5) is 4.35. The molecular weight excluding hydrogens is 224 g/mol. The van der Waals surface area contributed by atoms with Gasteiger partial charge in [0.15, 0.2) is 0 Å². The largest absolute Gasteiger partial charge is 0.390 e. The lowest BCUT2D eigenvalue weighted by atomic mass is 9.68. The van der Waals surface area contributed by atoms with E-state index in [0.717, 1.165) is 25.1 Å². The number of hydrogen-bond acceptors (Lipinski definition) is 2. The van der Waals surface area contributed by atoms with Crippen LogP contribution in [0.2, 0.25) is 0 Å². The zero-order valence-corrected chi connectivity index (χ0v) is 11.9. The highest BCUT2D eigenvalue weighted by atomic mass is 16.3. The van der Waals surface area contributed by atoms with E-state index >= 15 is 0 Å². The second-order valence-corrected chi connectivity index (χ2v) is 6.15. The van der Waals surface area contributed by atoms with Gasteiger partial charge in [0.25, 0.3) is 0 Å². The van der Waals surface area contributed by atoms with Gasteiger partial charge in [-0.25, -0.2) is 4.98 Å². The van der Waals surface area contributed by atoms with Crippen molar-refractivity contribution in [2.24, 2.45) is 18.9 Å². The highest BCUT2D eigenvalue weighted by molar-refractivity contribution is 4.97. The number of imidazole rings is 1. The van der Waals surface area contributed by atoms with Crippen LogP contribution in [-0.4, -0.2) is 20.3 Å². The average molecular weight is 250 g/mol. The summed E-state index contributed by atoms with van der Waals surface area (Å²) in [5.74, 6) is 2.10. The van der Waals surface area contributed by atoms with Crippen molar-refractivity contribution in [2.45, 2.75) is 58.0 Å². The first kappa shape index (κ1) is 13.6. The third-order valence-electron chi connectivity index (χ3n) is 4.57. The molecular formula is C15H26N2O. The van der Waals surface area contributed by atoms with Crippen LogP contribution in [0, 0.1) is 11.8 Å². The van der Waals surface area contributed by atoms with Crippen LogP contribution in [0.5, 0.6) is 0 Å². The molecule has 1 saturated carbocycles. The molecule has 0 spiro atoms. The molecule has 1 aromatic heterocycles. The van der Waals surface area contributed by atoms with Gasteiger partial charge in [-0.3, -0.25) is 0 Å². The Balaban J connectivity index is 2.02. The number of aryl methyl sites for hydroxylation is 2. The van der Waals surface area contributed by atoms with Gasteiger partial charge in [-0.2, -0.15) is 0 Å². The van der Waals surface area contributed by atoms with E-state index in [0.29, 0.717) is 11.8 Å². The fraction of sp³-hybridized carbons (Fsp3) is 0.800. The van der Waals surface area contributed by atoms with Gasteiger partial charge in [0, 0.05) is 25.9 Å². The Hall–Kier alpha value is -0.830. The highest BCUT2D eigenvalue weighted by Gasteiger charge is 2.39. The van der Waals surface area contributed by atoms with Crippen molar-refractivity contribution >= 4 is 0 Å². The predicted octanol–water partition coefficient (Wildman–Crippen LogP) is 2.93. The monoisotopic (exact) mass is 250 g/mol. The summed E-state index contributed by atoms with van der Waals surface area (Å²) in [5.41, 5.74) is -0.474. The zero-order valence-electron chi connectivity index (χ0n) is 11.9. The molecule has 0 bridgehead atoms. The van der Waals surface area contributed by atoms with E-state index in [1.165, 1.54) is 19.3 Å². The number of aromatic nitrogens is 2.